The van der Waals surface area contributed by atoms with Gasteiger partial charge in [-0.2, -0.15) is 11.8 Å². The zero-order valence-corrected chi connectivity index (χ0v) is 18.9. The number of halogens is 1. The molecule has 0 saturated carbocycles. The van der Waals surface area contributed by atoms with Gasteiger partial charge in [0.25, 0.3) is 0 Å². The van der Waals surface area contributed by atoms with Gasteiger partial charge in [0.1, 0.15) is 0 Å². The maximum Gasteiger partial charge on any atom is 0.193 e. The van der Waals surface area contributed by atoms with Crippen molar-refractivity contribution in [2.24, 2.45) is 4.99 Å². The van der Waals surface area contributed by atoms with Crippen LogP contribution in [0.2, 0.25) is 5.02 Å². The van der Waals surface area contributed by atoms with Gasteiger partial charge in [0.05, 0.1) is 12.6 Å². The summed E-state index contributed by atoms with van der Waals surface area (Å²) in [6, 6.07) is 8.09. The minimum absolute atomic E-state index is 0.300. The summed E-state index contributed by atoms with van der Waals surface area (Å²) in [5, 5.41) is 4.53. The molecule has 1 aliphatic rings. The molecule has 1 aliphatic heterocycles. The van der Waals surface area contributed by atoms with E-state index in [2.05, 4.69) is 29.5 Å². The van der Waals surface area contributed by atoms with Gasteiger partial charge >= 0.3 is 0 Å². The van der Waals surface area contributed by atoms with Gasteiger partial charge in [-0.15, -0.1) is 0 Å². The fraction of sp³-hybridized carbons (Fsp3) is 0.667. The van der Waals surface area contributed by atoms with Crippen molar-refractivity contribution in [2.75, 3.05) is 52.8 Å². The zero-order chi connectivity index (χ0) is 20.2. The standard InChI is InChI=1S/C21H34ClN3O2S/c1-4-23-21(24-16-20(28-3)17-7-5-8-18(22)15-17)25-11-9-19(10-12-25)27-14-6-13-26-2/h5,7-8,15,19-20H,4,6,9-14,16H2,1-3H3,(H,23,24). The predicted octanol–water partition coefficient (Wildman–Crippen LogP) is 4.23. The summed E-state index contributed by atoms with van der Waals surface area (Å²) in [5.74, 6) is 1.00. The largest absolute Gasteiger partial charge is 0.385 e. The lowest BCUT2D eigenvalue weighted by Crippen LogP contribution is -2.47. The smallest absolute Gasteiger partial charge is 0.193 e. The van der Waals surface area contributed by atoms with Crippen LogP contribution in [-0.4, -0.2) is 69.7 Å². The second kappa shape index (κ2) is 13.3. The Hall–Kier alpha value is -0.950. The van der Waals surface area contributed by atoms with Crippen molar-refractivity contribution in [2.45, 2.75) is 37.5 Å². The molecule has 1 fully saturated rings. The molecule has 0 spiro atoms. The van der Waals surface area contributed by atoms with E-state index in [0.29, 0.717) is 11.4 Å². The van der Waals surface area contributed by atoms with Crippen LogP contribution in [0.4, 0.5) is 0 Å². The number of ether oxygens (including phenoxy) is 2. The molecule has 0 radical (unpaired) electrons. The van der Waals surface area contributed by atoms with Crippen LogP contribution in [-0.2, 0) is 9.47 Å². The molecule has 5 nitrogen and oxygen atoms in total. The molecule has 1 aromatic rings. The molecule has 28 heavy (non-hydrogen) atoms. The van der Waals surface area contributed by atoms with Gasteiger partial charge in [-0.25, -0.2) is 0 Å². The first-order valence-electron chi connectivity index (χ1n) is 10.1. The third-order valence-electron chi connectivity index (χ3n) is 4.83. The number of nitrogens with one attached hydrogen (secondary N) is 1. The Kier molecular flexibility index (Phi) is 11.1. The quantitative estimate of drug-likeness (QED) is 0.344. The molecule has 2 rings (SSSR count). The Labute approximate surface area is 179 Å². The highest BCUT2D eigenvalue weighted by atomic mass is 35.5. The number of methoxy groups -OCH3 is 1. The topological polar surface area (TPSA) is 46.1 Å². The molecular weight excluding hydrogens is 394 g/mol. The number of piperidine rings is 1. The number of thioether (sulfide) groups is 1. The Morgan fingerprint density at radius 1 is 1.36 bits per heavy atom. The summed E-state index contributed by atoms with van der Waals surface area (Å²) in [6.07, 6.45) is 5.51. The first kappa shape index (κ1) is 23.3. The lowest BCUT2D eigenvalue weighted by molar-refractivity contribution is 0.00991. The summed E-state index contributed by atoms with van der Waals surface area (Å²) in [7, 11) is 1.73. The van der Waals surface area contributed by atoms with Gasteiger partial charge < -0.3 is 19.7 Å². The minimum Gasteiger partial charge on any atom is -0.385 e. The average Bonchev–Trinajstić information content (AvgIpc) is 2.71. The van der Waals surface area contributed by atoms with Gasteiger partial charge in [-0.05, 0) is 50.1 Å². The summed E-state index contributed by atoms with van der Waals surface area (Å²) in [6.45, 7) is 7.21. The lowest BCUT2D eigenvalue weighted by Gasteiger charge is -2.34. The number of hydrogen-bond donors (Lipinski definition) is 1. The number of likely N-dealkylation sites (tertiary alicyclic amines) is 1. The van der Waals surface area contributed by atoms with Crippen LogP contribution < -0.4 is 5.32 Å². The fourth-order valence-corrected chi connectivity index (χ4v) is 4.15. The molecule has 1 unspecified atom stereocenters. The van der Waals surface area contributed by atoms with Crippen LogP contribution in [0, 0.1) is 0 Å². The molecular formula is C21H34ClN3O2S. The van der Waals surface area contributed by atoms with E-state index in [1.807, 2.05) is 30.0 Å². The zero-order valence-electron chi connectivity index (χ0n) is 17.3. The van der Waals surface area contributed by atoms with Crippen LogP contribution in [0.1, 0.15) is 37.0 Å². The molecule has 0 bridgehead atoms. The summed E-state index contributed by atoms with van der Waals surface area (Å²) in [4.78, 5) is 7.29. The van der Waals surface area contributed by atoms with Crippen molar-refractivity contribution in [1.82, 2.24) is 10.2 Å². The molecule has 1 N–H and O–H groups in total. The van der Waals surface area contributed by atoms with Crippen molar-refractivity contribution in [3.8, 4) is 0 Å². The van der Waals surface area contributed by atoms with Gasteiger partial charge in [0, 0.05) is 50.2 Å². The van der Waals surface area contributed by atoms with E-state index in [0.717, 1.165) is 69.6 Å². The van der Waals surface area contributed by atoms with E-state index >= 15 is 0 Å². The first-order chi connectivity index (χ1) is 13.7. The monoisotopic (exact) mass is 427 g/mol. The molecule has 1 atom stereocenters. The molecule has 0 aliphatic carbocycles. The minimum atomic E-state index is 0.300. The number of hydrogen-bond acceptors (Lipinski definition) is 4. The van der Waals surface area contributed by atoms with Crippen LogP contribution >= 0.6 is 23.4 Å². The summed E-state index contributed by atoms with van der Waals surface area (Å²) < 4.78 is 11.1. The third kappa shape index (κ3) is 7.82. The van der Waals surface area contributed by atoms with E-state index in [1.165, 1.54) is 5.56 Å². The van der Waals surface area contributed by atoms with E-state index in [-0.39, 0.29) is 0 Å². The summed E-state index contributed by atoms with van der Waals surface area (Å²) >= 11 is 7.97. The normalized spacial score (nSPS) is 17.0. The van der Waals surface area contributed by atoms with Crippen molar-refractivity contribution in [3.63, 3.8) is 0 Å². The molecule has 0 amide bonds. The van der Waals surface area contributed by atoms with Gasteiger partial charge in [-0.3, -0.25) is 4.99 Å². The van der Waals surface area contributed by atoms with Crippen molar-refractivity contribution in [1.29, 1.82) is 0 Å². The highest BCUT2D eigenvalue weighted by molar-refractivity contribution is 7.98. The average molecular weight is 428 g/mol. The maximum atomic E-state index is 6.16. The fourth-order valence-electron chi connectivity index (χ4n) is 3.31. The maximum absolute atomic E-state index is 6.16. The highest BCUT2D eigenvalue weighted by Gasteiger charge is 2.22. The van der Waals surface area contributed by atoms with E-state index in [9.17, 15) is 0 Å². The van der Waals surface area contributed by atoms with E-state index in [4.69, 9.17) is 26.1 Å². The van der Waals surface area contributed by atoms with Gasteiger partial charge in [0.2, 0.25) is 0 Å². The molecule has 1 aromatic carbocycles. The Bertz CT molecular complexity index is 595. The van der Waals surface area contributed by atoms with Crippen LogP contribution in [0.5, 0.6) is 0 Å². The Balaban J connectivity index is 1.89. The number of rotatable bonds is 10. The van der Waals surface area contributed by atoms with Crippen molar-refractivity contribution < 1.29 is 9.47 Å². The molecule has 0 aromatic heterocycles. The lowest BCUT2D eigenvalue weighted by atomic mass is 10.1. The number of guanidine groups is 1. The molecule has 158 valence electrons. The SMILES string of the molecule is CCNC(=NCC(SC)c1cccc(Cl)c1)N1CCC(OCCCOC)CC1. The van der Waals surface area contributed by atoms with Gasteiger partial charge in [-0.1, -0.05) is 23.7 Å². The number of nitrogens with zero attached hydrogens (tertiary/aromatic N) is 2. The van der Waals surface area contributed by atoms with Crippen LogP contribution in [0.25, 0.3) is 0 Å². The Morgan fingerprint density at radius 3 is 2.79 bits per heavy atom. The second-order valence-corrected chi connectivity index (χ2v) is 8.35. The third-order valence-corrected chi connectivity index (χ3v) is 6.06. The highest BCUT2D eigenvalue weighted by Crippen LogP contribution is 2.28. The van der Waals surface area contributed by atoms with Gasteiger partial charge in [0.15, 0.2) is 5.96 Å². The summed E-state index contributed by atoms with van der Waals surface area (Å²) in [5.41, 5.74) is 1.22. The van der Waals surface area contributed by atoms with Crippen LogP contribution in [0.3, 0.4) is 0 Å². The first-order valence-corrected chi connectivity index (χ1v) is 11.8. The van der Waals surface area contributed by atoms with Crippen molar-refractivity contribution >= 4 is 29.3 Å². The number of benzene rings is 1. The van der Waals surface area contributed by atoms with E-state index in [1.54, 1.807) is 7.11 Å². The Morgan fingerprint density at radius 2 is 2.14 bits per heavy atom. The molecule has 7 heteroatoms. The number of aliphatic imine (C=N–C) groups is 1. The second-order valence-electron chi connectivity index (χ2n) is 6.88. The molecule has 1 saturated heterocycles. The van der Waals surface area contributed by atoms with E-state index < -0.39 is 0 Å². The van der Waals surface area contributed by atoms with Crippen LogP contribution in [0.15, 0.2) is 29.3 Å². The predicted molar refractivity (Wildman–Crippen MR) is 121 cm³/mol. The van der Waals surface area contributed by atoms with Crippen molar-refractivity contribution in [3.05, 3.63) is 34.9 Å². The molecule has 1 heterocycles.